The molecule has 0 heterocycles. The molecule has 0 spiro atoms. The predicted octanol–water partition coefficient (Wildman–Crippen LogP) is 3.68. The average molecular weight is 256 g/mol. The number of nitrogens with zero attached hydrogens (tertiary/aromatic N) is 1. The molecule has 0 aromatic heterocycles. The van der Waals surface area contributed by atoms with E-state index in [0.717, 1.165) is 0 Å². The van der Waals surface area contributed by atoms with E-state index in [1.807, 2.05) is 0 Å². The zero-order chi connectivity index (χ0) is 10.8. The fourth-order valence-electron chi connectivity index (χ4n) is 1.18. The summed E-state index contributed by atoms with van der Waals surface area (Å²) in [5.41, 5.74) is 0.0639. The Morgan fingerprint density at radius 2 is 2.14 bits per heavy atom. The smallest absolute Gasteiger partial charge is 0.127 e. The van der Waals surface area contributed by atoms with Crippen molar-refractivity contribution in [3.8, 4) is 6.07 Å². The van der Waals surface area contributed by atoms with E-state index < -0.39 is 5.41 Å². The van der Waals surface area contributed by atoms with Gasteiger partial charge in [-0.15, -0.1) is 0 Å². The van der Waals surface area contributed by atoms with Gasteiger partial charge in [-0.25, -0.2) is 4.39 Å². The largest absolute Gasteiger partial charge is 0.207 e. The highest BCUT2D eigenvalue weighted by molar-refractivity contribution is 9.10. The Balaban J connectivity index is 2.94. The molecule has 74 valence electrons. The molecule has 0 saturated carbocycles. The van der Waals surface area contributed by atoms with Crippen LogP contribution >= 0.6 is 15.9 Å². The minimum atomic E-state index is -0.519. The molecule has 3 heteroatoms. The summed E-state index contributed by atoms with van der Waals surface area (Å²) in [4.78, 5) is 0. The van der Waals surface area contributed by atoms with Crippen LogP contribution in [0.1, 0.15) is 19.4 Å². The Morgan fingerprint density at radius 1 is 1.50 bits per heavy atom. The molecule has 1 aromatic carbocycles. The third-order valence-corrected chi connectivity index (χ3v) is 2.44. The van der Waals surface area contributed by atoms with Crippen LogP contribution in [0, 0.1) is 22.6 Å². The van der Waals surface area contributed by atoms with Gasteiger partial charge in [0.1, 0.15) is 5.82 Å². The molecule has 0 N–H and O–H groups in total. The Bertz CT molecular complexity index is 379. The first-order valence-electron chi connectivity index (χ1n) is 4.30. The minimum absolute atomic E-state index is 0.261. The van der Waals surface area contributed by atoms with E-state index in [2.05, 4.69) is 22.0 Å². The van der Waals surface area contributed by atoms with Crippen LogP contribution in [0.15, 0.2) is 22.7 Å². The number of hydrogen-bond acceptors (Lipinski definition) is 1. The highest BCUT2D eigenvalue weighted by Crippen LogP contribution is 2.24. The van der Waals surface area contributed by atoms with Crippen LogP contribution in [0.2, 0.25) is 0 Å². The minimum Gasteiger partial charge on any atom is -0.207 e. The molecule has 1 nitrogen and oxygen atoms in total. The molecule has 0 saturated heterocycles. The van der Waals surface area contributed by atoms with Crippen LogP contribution in [0.3, 0.4) is 0 Å². The molecule has 1 aromatic rings. The number of halogens is 2. The first-order chi connectivity index (χ1) is 6.44. The molecule has 0 bridgehead atoms. The zero-order valence-corrected chi connectivity index (χ0v) is 9.73. The van der Waals surface area contributed by atoms with Gasteiger partial charge in [-0.3, -0.25) is 0 Å². The van der Waals surface area contributed by atoms with Crippen molar-refractivity contribution in [2.45, 2.75) is 20.3 Å². The van der Waals surface area contributed by atoms with Crippen molar-refractivity contribution in [2.24, 2.45) is 5.41 Å². The lowest BCUT2D eigenvalue weighted by atomic mass is 9.87. The predicted molar refractivity (Wildman–Crippen MR) is 57.2 cm³/mol. The van der Waals surface area contributed by atoms with E-state index in [1.165, 1.54) is 6.07 Å². The lowest BCUT2D eigenvalue weighted by Crippen LogP contribution is -2.12. The lowest BCUT2D eigenvalue weighted by molar-refractivity contribution is 0.476. The second kappa shape index (κ2) is 4.10. The highest BCUT2D eigenvalue weighted by Gasteiger charge is 2.19. The summed E-state index contributed by atoms with van der Waals surface area (Å²) in [5, 5.41) is 8.82. The van der Waals surface area contributed by atoms with Crippen molar-refractivity contribution in [3.63, 3.8) is 0 Å². The normalized spacial score (nSPS) is 11.1. The van der Waals surface area contributed by atoms with Gasteiger partial charge in [0.15, 0.2) is 0 Å². The molecular weight excluding hydrogens is 245 g/mol. The monoisotopic (exact) mass is 255 g/mol. The van der Waals surface area contributed by atoms with Crippen LogP contribution in [-0.2, 0) is 6.42 Å². The summed E-state index contributed by atoms with van der Waals surface area (Å²) in [5.74, 6) is -0.261. The van der Waals surface area contributed by atoms with Gasteiger partial charge in [0, 0.05) is 4.47 Å². The van der Waals surface area contributed by atoms with Crippen molar-refractivity contribution in [1.82, 2.24) is 0 Å². The zero-order valence-electron chi connectivity index (χ0n) is 8.14. The molecule has 0 aliphatic rings. The molecule has 14 heavy (non-hydrogen) atoms. The van der Waals surface area contributed by atoms with Gasteiger partial charge in [0.2, 0.25) is 0 Å². The van der Waals surface area contributed by atoms with E-state index in [-0.39, 0.29) is 5.82 Å². The Morgan fingerprint density at radius 3 is 2.64 bits per heavy atom. The van der Waals surface area contributed by atoms with Crippen molar-refractivity contribution < 1.29 is 4.39 Å². The molecule has 0 fully saturated rings. The fraction of sp³-hybridized carbons (Fsp3) is 0.364. The van der Waals surface area contributed by atoms with E-state index in [0.29, 0.717) is 16.5 Å². The molecule has 0 atom stereocenters. The number of nitriles is 1. The molecule has 0 amide bonds. The Hall–Kier alpha value is -0.880. The summed E-state index contributed by atoms with van der Waals surface area (Å²) in [6, 6.07) is 7.06. The summed E-state index contributed by atoms with van der Waals surface area (Å²) in [6.07, 6.45) is 0.433. The van der Waals surface area contributed by atoms with Crippen molar-refractivity contribution in [3.05, 3.63) is 34.1 Å². The van der Waals surface area contributed by atoms with Gasteiger partial charge in [-0.1, -0.05) is 22.0 Å². The van der Waals surface area contributed by atoms with E-state index in [1.54, 1.807) is 26.0 Å². The van der Waals surface area contributed by atoms with Gasteiger partial charge in [-0.05, 0) is 38.0 Å². The van der Waals surface area contributed by atoms with Crippen LogP contribution in [0.4, 0.5) is 4.39 Å². The van der Waals surface area contributed by atoms with E-state index in [9.17, 15) is 4.39 Å². The second-order valence-corrected chi connectivity index (χ2v) is 4.82. The van der Waals surface area contributed by atoms with Gasteiger partial charge >= 0.3 is 0 Å². The number of rotatable bonds is 2. The summed E-state index contributed by atoms with van der Waals surface area (Å²) < 4.78 is 14.1. The lowest BCUT2D eigenvalue weighted by Gasteiger charge is -2.15. The maximum Gasteiger partial charge on any atom is 0.127 e. The fourth-order valence-corrected chi connectivity index (χ4v) is 1.51. The van der Waals surface area contributed by atoms with Crippen LogP contribution in [-0.4, -0.2) is 0 Å². The van der Waals surface area contributed by atoms with Crippen molar-refractivity contribution in [1.29, 1.82) is 5.26 Å². The Labute approximate surface area is 91.7 Å². The van der Waals surface area contributed by atoms with Crippen LogP contribution in [0.25, 0.3) is 0 Å². The van der Waals surface area contributed by atoms with Crippen LogP contribution in [0.5, 0.6) is 0 Å². The summed E-state index contributed by atoms with van der Waals surface area (Å²) >= 11 is 3.19. The third kappa shape index (κ3) is 2.81. The van der Waals surface area contributed by atoms with E-state index >= 15 is 0 Å². The maximum absolute atomic E-state index is 13.4. The maximum atomic E-state index is 13.4. The van der Waals surface area contributed by atoms with Gasteiger partial charge < -0.3 is 0 Å². The molecular formula is C11H11BrFN. The number of hydrogen-bond donors (Lipinski definition) is 0. The highest BCUT2D eigenvalue weighted by atomic mass is 79.9. The molecule has 1 rings (SSSR count). The molecule has 0 radical (unpaired) electrons. The molecule has 0 aliphatic heterocycles. The topological polar surface area (TPSA) is 23.8 Å². The SMILES string of the molecule is CC(C)(C#N)Cc1ccc(Br)cc1F. The first kappa shape index (κ1) is 11.2. The van der Waals surface area contributed by atoms with Gasteiger partial charge in [-0.2, -0.15) is 5.26 Å². The molecule has 0 unspecified atom stereocenters. The molecule has 0 aliphatic carbocycles. The van der Waals surface area contributed by atoms with Crippen LogP contribution < -0.4 is 0 Å². The van der Waals surface area contributed by atoms with Gasteiger partial charge in [0.25, 0.3) is 0 Å². The quantitative estimate of drug-likeness (QED) is 0.791. The third-order valence-electron chi connectivity index (χ3n) is 1.95. The van der Waals surface area contributed by atoms with Crippen molar-refractivity contribution in [2.75, 3.05) is 0 Å². The standard InChI is InChI=1S/C11H11BrFN/c1-11(2,7-14)6-8-3-4-9(12)5-10(8)13/h3-5H,6H2,1-2H3. The van der Waals surface area contributed by atoms with Crippen molar-refractivity contribution >= 4 is 15.9 Å². The average Bonchev–Trinajstić information content (AvgIpc) is 2.10. The first-order valence-corrected chi connectivity index (χ1v) is 5.09. The van der Waals surface area contributed by atoms with Gasteiger partial charge in [0.05, 0.1) is 11.5 Å². The summed E-state index contributed by atoms with van der Waals surface area (Å²) in [6.45, 7) is 3.60. The summed E-state index contributed by atoms with van der Waals surface area (Å²) in [7, 11) is 0. The second-order valence-electron chi connectivity index (χ2n) is 3.91. The Kier molecular flexibility index (Phi) is 3.28. The van der Waals surface area contributed by atoms with E-state index in [4.69, 9.17) is 5.26 Å². The number of benzene rings is 1.